The predicted molar refractivity (Wildman–Crippen MR) is 122 cm³/mol. The molecule has 0 bridgehead atoms. The summed E-state index contributed by atoms with van der Waals surface area (Å²) >= 11 is 7.96. The largest absolute Gasteiger partial charge is 0.461 e. The van der Waals surface area contributed by atoms with Gasteiger partial charge in [0.2, 0.25) is 0 Å². The highest BCUT2D eigenvalue weighted by Gasteiger charge is 2.12. The molecule has 0 saturated heterocycles. The molecule has 0 aliphatic rings. The van der Waals surface area contributed by atoms with Gasteiger partial charge in [-0.3, -0.25) is 9.67 Å². The Morgan fingerprint density at radius 3 is 2.71 bits per heavy atom. The van der Waals surface area contributed by atoms with Gasteiger partial charge in [-0.25, -0.2) is 4.98 Å². The first-order chi connectivity index (χ1) is 15.0. The summed E-state index contributed by atoms with van der Waals surface area (Å²) in [5, 5.41) is 9.25. The van der Waals surface area contributed by atoms with Crippen LogP contribution >= 0.6 is 22.9 Å². The van der Waals surface area contributed by atoms with E-state index in [1.54, 1.807) is 22.2 Å². The van der Waals surface area contributed by atoms with Crippen molar-refractivity contribution in [1.82, 2.24) is 29.7 Å². The van der Waals surface area contributed by atoms with Gasteiger partial charge < -0.3 is 10.1 Å². The quantitative estimate of drug-likeness (QED) is 0.392. The Hall–Kier alpha value is -3.04. The van der Waals surface area contributed by atoms with Gasteiger partial charge in [0.1, 0.15) is 23.3 Å². The van der Waals surface area contributed by atoms with Crippen molar-refractivity contribution in [3.8, 4) is 17.4 Å². The van der Waals surface area contributed by atoms with Gasteiger partial charge in [0.25, 0.3) is 0 Å². The molecule has 0 fully saturated rings. The molecule has 4 aromatic rings. The van der Waals surface area contributed by atoms with Crippen LogP contribution in [-0.2, 0) is 13.1 Å². The van der Waals surface area contributed by atoms with Crippen LogP contribution in [0.15, 0.2) is 36.7 Å². The van der Waals surface area contributed by atoms with E-state index in [4.69, 9.17) is 16.3 Å². The van der Waals surface area contributed by atoms with Crippen LogP contribution in [0.3, 0.4) is 0 Å². The van der Waals surface area contributed by atoms with Crippen LogP contribution in [0.5, 0.6) is 6.01 Å². The van der Waals surface area contributed by atoms with E-state index in [2.05, 4.69) is 30.4 Å². The van der Waals surface area contributed by atoms with Gasteiger partial charge >= 0.3 is 6.01 Å². The monoisotopic (exact) mass is 455 g/mol. The number of anilines is 1. The number of rotatable bonds is 8. The Labute approximate surface area is 189 Å². The van der Waals surface area contributed by atoms with Crippen molar-refractivity contribution >= 4 is 28.8 Å². The number of pyridine rings is 1. The maximum absolute atomic E-state index is 6.30. The Morgan fingerprint density at radius 2 is 1.97 bits per heavy atom. The van der Waals surface area contributed by atoms with Crippen LogP contribution in [0.2, 0.25) is 5.15 Å². The molecule has 0 saturated carbocycles. The molecule has 10 heteroatoms. The molecule has 0 radical (unpaired) electrons. The summed E-state index contributed by atoms with van der Waals surface area (Å²) in [4.78, 5) is 18.7. The minimum atomic E-state index is 0.229. The lowest BCUT2D eigenvalue weighted by atomic mass is 10.3. The van der Waals surface area contributed by atoms with Crippen molar-refractivity contribution in [2.24, 2.45) is 0 Å². The van der Waals surface area contributed by atoms with Crippen LogP contribution in [0.4, 0.5) is 5.82 Å². The third-order valence-corrected chi connectivity index (χ3v) is 6.04. The molecule has 4 heterocycles. The summed E-state index contributed by atoms with van der Waals surface area (Å²) in [7, 11) is 0. The number of ether oxygens (including phenoxy) is 1. The van der Waals surface area contributed by atoms with E-state index in [9.17, 15) is 0 Å². The molecule has 31 heavy (non-hydrogen) atoms. The lowest BCUT2D eigenvalue weighted by molar-refractivity contribution is 0.270. The van der Waals surface area contributed by atoms with Crippen molar-refractivity contribution in [3.05, 3.63) is 63.0 Å². The first-order valence-electron chi connectivity index (χ1n) is 9.78. The molecule has 1 N–H and O–H groups in total. The number of aromatic nitrogens is 6. The van der Waals surface area contributed by atoms with E-state index in [1.807, 2.05) is 51.2 Å². The maximum Gasteiger partial charge on any atom is 0.319 e. The third-order valence-electron chi connectivity index (χ3n) is 4.60. The second kappa shape index (κ2) is 9.40. The van der Waals surface area contributed by atoms with Crippen molar-refractivity contribution in [3.63, 3.8) is 0 Å². The summed E-state index contributed by atoms with van der Waals surface area (Å²) in [6.07, 6.45) is 3.64. The normalized spacial score (nSPS) is 11.0. The Balaban J connectivity index is 1.37. The van der Waals surface area contributed by atoms with Crippen molar-refractivity contribution < 1.29 is 4.74 Å². The van der Waals surface area contributed by atoms with Gasteiger partial charge in [0, 0.05) is 22.8 Å². The second-order valence-electron chi connectivity index (χ2n) is 6.89. The third kappa shape index (κ3) is 5.18. The molecule has 0 amide bonds. The van der Waals surface area contributed by atoms with Gasteiger partial charge in [-0.15, -0.1) is 11.3 Å². The molecule has 4 aromatic heterocycles. The number of aryl methyl sites for hydroxylation is 2. The molecule has 0 aromatic carbocycles. The number of halogens is 1. The minimum absolute atomic E-state index is 0.229. The number of hydrogen-bond acceptors (Lipinski definition) is 8. The molecule has 0 spiro atoms. The highest BCUT2D eigenvalue weighted by atomic mass is 35.5. The number of hydrogen-bond donors (Lipinski definition) is 1. The molecular formula is C21H22ClN7OS. The van der Waals surface area contributed by atoms with Crippen LogP contribution < -0.4 is 10.1 Å². The lowest BCUT2D eigenvalue weighted by Gasteiger charge is -2.11. The average Bonchev–Trinajstić information content (AvgIpc) is 3.36. The van der Waals surface area contributed by atoms with Crippen LogP contribution in [0.25, 0.3) is 11.4 Å². The molecule has 4 rings (SSSR count). The minimum Gasteiger partial charge on any atom is -0.461 e. The topological polar surface area (TPSA) is 90.6 Å². The summed E-state index contributed by atoms with van der Waals surface area (Å²) in [6.45, 7) is 7.40. The standard InChI is InChI=1S/C21H22ClN7OS/c1-13-19(22)26-21(27-20(13)24-12-18-14(2)25-15(3)31-18)30-11-10-29-9-7-17(28-29)16-6-4-5-8-23-16/h4-9H,10-12H2,1-3H3,(H,24,26,27). The Morgan fingerprint density at radius 1 is 1.10 bits per heavy atom. The maximum atomic E-state index is 6.30. The van der Waals surface area contributed by atoms with E-state index < -0.39 is 0 Å². The van der Waals surface area contributed by atoms with E-state index in [0.29, 0.717) is 30.7 Å². The molecule has 8 nitrogen and oxygen atoms in total. The fraction of sp³-hybridized carbons (Fsp3) is 0.286. The highest BCUT2D eigenvalue weighted by molar-refractivity contribution is 7.11. The molecule has 0 aliphatic carbocycles. The zero-order chi connectivity index (χ0) is 21.8. The van der Waals surface area contributed by atoms with Crippen molar-refractivity contribution in [1.29, 1.82) is 0 Å². The molecule has 0 atom stereocenters. The first-order valence-corrected chi connectivity index (χ1v) is 11.0. The summed E-state index contributed by atoms with van der Waals surface area (Å²) < 4.78 is 7.55. The summed E-state index contributed by atoms with van der Waals surface area (Å²) in [6, 6.07) is 7.89. The lowest BCUT2D eigenvalue weighted by Crippen LogP contribution is -2.12. The average molecular weight is 456 g/mol. The van der Waals surface area contributed by atoms with Gasteiger partial charge in [0.05, 0.1) is 29.5 Å². The zero-order valence-electron chi connectivity index (χ0n) is 17.5. The van der Waals surface area contributed by atoms with Crippen LogP contribution in [0, 0.1) is 20.8 Å². The fourth-order valence-electron chi connectivity index (χ4n) is 2.98. The van der Waals surface area contributed by atoms with Gasteiger partial charge in [-0.1, -0.05) is 17.7 Å². The van der Waals surface area contributed by atoms with Crippen molar-refractivity contribution in [2.75, 3.05) is 11.9 Å². The molecular weight excluding hydrogens is 434 g/mol. The van der Waals surface area contributed by atoms with E-state index in [0.717, 1.165) is 32.5 Å². The number of nitrogens with zero attached hydrogens (tertiary/aromatic N) is 6. The van der Waals surface area contributed by atoms with Gasteiger partial charge in [-0.05, 0) is 39.0 Å². The van der Waals surface area contributed by atoms with Gasteiger partial charge in [-0.2, -0.15) is 15.1 Å². The molecule has 0 unspecified atom stereocenters. The second-order valence-corrected chi connectivity index (χ2v) is 8.54. The Bertz CT molecular complexity index is 1180. The van der Waals surface area contributed by atoms with Crippen molar-refractivity contribution in [2.45, 2.75) is 33.9 Å². The van der Waals surface area contributed by atoms with E-state index in [1.165, 1.54) is 0 Å². The van der Waals surface area contributed by atoms with E-state index in [-0.39, 0.29) is 6.01 Å². The number of nitrogens with one attached hydrogen (secondary N) is 1. The summed E-state index contributed by atoms with van der Waals surface area (Å²) in [5.41, 5.74) is 3.45. The number of thiazole rings is 1. The SMILES string of the molecule is Cc1nc(C)c(CNc2nc(OCCn3ccc(-c4ccccn4)n3)nc(Cl)c2C)s1. The molecule has 0 aliphatic heterocycles. The zero-order valence-corrected chi connectivity index (χ0v) is 19.0. The smallest absolute Gasteiger partial charge is 0.319 e. The van der Waals surface area contributed by atoms with Crippen LogP contribution in [0.1, 0.15) is 21.1 Å². The predicted octanol–water partition coefficient (Wildman–Crippen LogP) is 4.46. The van der Waals surface area contributed by atoms with E-state index >= 15 is 0 Å². The highest BCUT2D eigenvalue weighted by Crippen LogP contribution is 2.25. The Kier molecular flexibility index (Phi) is 6.43. The van der Waals surface area contributed by atoms with Gasteiger partial charge in [0.15, 0.2) is 0 Å². The fourth-order valence-corrected chi connectivity index (χ4v) is 4.01. The first kappa shape index (κ1) is 21.2. The summed E-state index contributed by atoms with van der Waals surface area (Å²) in [5.74, 6) is 0.650. The van der Waals surface area contributed by atoms with Crippen LogP contribution in [-0.4, -0.2) is 36.3 Å². The molecule has 160 valence electrons.